The molecule has 3 rings (SSSR count). The number of nitrogens with one attached hydrogen (secondary N) is 1. The molecule has 3 aromatic rings. The maximum atomic E-state index is 12.9. The molecular formula is C18H15F3N4OS. The molecule has 2 aromatic carbocycles. The molecule has 0 saturated carbocycles. The number of hydrogen-bond acceptors (Lipinski definition) is 4. The maximum absolute atomic E-state index is 12.9. The van der Waals surface area contributed by atoms with E-state index in [1.807, 2.05) is 6.07 Å². The van der Waals surface area contributed by atoms with Crippen molar-refractivity contribution in [1.82, 2.24) is 14.8 Å². The predicted octanol–water partition coefficient (Wildman–Crippen LogP) is 4.31. The van der Waals surface area contributed by atoms with Gasteiger partial charge in [-0.2, -0.15) is 13.2 Å². The largest absolute Gasteiger partial charge is 0.416 e. The average Bonchev–Trinajstić information content (AvgIpc) is 3.04. The van der Waals surface area contributed by atoms with Crippen molar-refractivity contribution in [3.63, 3.8) is 0 Å². The summed E-state index contributed by atoms with van der Waals surface area (Å²) >= 11 is 1.17. The summed E-state index contributed by atoms with van der Waals surface area (Å²) in [4.78, 5) is 12.8. The van der Waals surface area contributed by atoms with Crippen LogP contribution >= 0.6 is 11.8 Å². The topological polar surface area (TPSA) is 59.8 Å². The van der Waals surface area contributed by atoms with E-state index in [0.29, 0.717) is 10.7 Å². The Balaban J connectivity index is 1.86. The van der Waals surface area contributed by atoms with E-state index in [1.165, 1.54) is 30.2 Å². The van der Waals surface area contributed by atoms with Crippen molar-refractivity contribution in [3.8, 4) is 0 Å². The van der Waals surface area contributed by atoms with Crippen molar-refractivity contribution in [2.24, 2.45) is 7.05 Å². The third kappa shape index (κ3) is 4.68. The Morgan fingerprint density at radius 1 is 1.15 bits per heavy atom. The summed E-state index contributed by atoms with van der Waals surface area (Å²) in [6.45, 7) is 0. The van der Waals surface area contributed by atoms with Gasteiger partial charge in [0, 0.05) is 12.7 Å². The van der Waals surface area contributed by atoms with Crippen molar-refractivity contribution in [2.75, 3.05) is 5.32 Å². The number of benzene rings is 2. The molecule has 0 aliphatic rings. The van der Waals surface area contributed by atoms with Gasteiger partial charge in [-0.05, 0) is 23.8 Å². The minimum Gasteiger partial charge on any atom is -0.325 e. The molecule has 1 amide bonds. The van der Waals surface area contributed by atoms with Crippen LogP contribution in [0.1, 0.15) is 16.4 Å². The van der Waals surface area contributed by atoms with Gasteiger partial charge < -0.3 is 9.88 Å². The zero-order valence-corrected chi connectivity index (χ0v) is 15.0. The normalized spacial score (nSPS) is 12.6. The quantitative estimate of drug-likeness (QED) is 0.658. The molecule has 0 fully saturated rings. The molecule has 5 nitrogen and oxygen atoms in total. The average molecular weight is 392 g/mol. The van der Waals surface area contributed by atoms with E-state index in [4.69, 9.17) is 0 Å². The van der Waals surface area contributed by atoms with Crippen molar-refractivity contribution in [2.45, 2.75) is 16.6 Å². The second kappa shape index (κ2) is 7.83. The van der Waals surface area contributed by atoms with Crippen LogP contribution in [0, 0.1) is 0 Å². The summed E-state index contributed by atoms with van der Waals surface area (Å²) < 4.78 is 40.3. The maximum Gasteiger partial charge on any atom is 0.416 e. The Bertz CT molecular complexity index is 928. The van der Waals surface area contributed by atoms with Crippen LogP contribution in [0.5, 0.6) is 0 Å². The highest BCUT2D eigenvalue weighted by molar-refractivity contribution is 8.00. The second-order valence-electron chi connectivity index (χ2n) is 5.70. The molecule has 0 bridgehead atoms. The van der Waals surface area contributed by atoms with Gasteiger partial charge in [0.2, 0.25) is 5.91 Å². The highest BCUT2D eigenvalue weighted by atomic mass is 32.2. The van der Waals surface area contributed by atoms with Gasteiger partial charge >= 0.3 is 6.18 Å². The number of rotatable bonds is 5. The standard InChI is InChI=1S/C18H15F3N4OS/c1-25-11-22-24-17(25)27-15(12-6-3-2-4-7-12)16(26)23-14-9-5-8-13(10-14)18(19,20)21/h2-11,15H,1H3,(H,23,26). The molecule has 1 aromatic heterocycles. The van der Waals surface area contributed by atoms with Crippen molar-refractivity contribution < 1.29 is 18.0 Å². The van der Waals surface area contributed by atoms with Crippen LogP contribution < -0.4 is 5.32 Å². The van der Waals surface area contributed by atoms with E-state index >= 15 is 0 Å². The SMILES string of the molecule is Cn1cnnc1SC(C(=O)Nc1cccc(C(F)(F)F)c1)c1ccccc1. The van der Waals surface area contributed by atoms with E-state index in [-0.39, 0.29) is 5.69 Å². The lowest BCUT2D eigenvalue weighted by atomic mass is 10.1. The number of thioether (sulfide) groups is 1. The van der Waals surface area contributed by atoms with Gasteiger partial charge in [0.15, 0.2) is 5.16 Å². The van der Waals surface area contributed by atoms with E-state index in [1.54, 1.807) is 35.9 Å². The Morgan fingerprint density at radius 3 is 2.52 bits per heavy atom. The lowest BCUT2D eigenvalue weighted by Crippen LogP contribution is -2.20. The molecule has 1 atom stereocenters. The van der Waals surface area contributed by atoms with E-state index in [0.717, 1.165) is 12.1 Å². The first-order chi connectivity index (χ1) is 12.8. The first-order valence-electron chi connectivity index (χ1n) is 7.88. The first-order valence-corrected chi connectivity index (χ1v) is 8.76. The molecule has 9 heteroatoms. The van der Waals surface area contributed by atoms with Gasteiger partial charge in [-0.3, -0.25) is 4.79 Å². The molecule has 1 heterocycles. The highest BCUT2D eigenvalue weighted by Gasteiger charge is 2.31. The van der Waals surface area contributed by atoms with Crippen molar-refractivity contribution >= 4 is 23.4 Å². The molecule has 0 saturated heterocycles. The highest BCUT2D eigenvalue weighted by Crippen LogP contribution is 2.35. The molecule has 1 unspecified atom stereocenters. The van der Waals surface area contributed by atoms with Crippen LogP contribution in [0.15, 0.2) is 66.1 Å². The van der Waals surface area contributed by atoms with Gasteiger partial charge in [-0.1, -0.05) is 48.2 Å². The van der Waals surface area contributed by atoms with Crippen LogP contribution in [0.2, 0.25) is 0 Å². The lowest BCUT2D eigenvalue weighted by Gasteiger charge is -2.17. The third-order valence-corrected chi connectivity index (χ3v) is 4.99. The number of aryl methyl sites for hydroxylation is 1. The van der Waals surface area contributed by atoms with E-state index in [9.17, 15) is 18.0 Å². The number of nitrogens with zero attached hydrogens (tertiary/aromatic N) is 3. The van der Waals surface area contributed by atoms with Gasteiger partial charge in [0.05, 0.1) is 5.56 Å². The summed E-state index contributed by atoms with van der Waals surface area (Å²) in [7, 11) is 1.75. The number of halogens is 3. The van der Waals surface area contributed by atoms with Gasteiger partial charge in [0.1, 0.15) is 11.6 Å². The predicted molar refractivity (Wildman–Crippen MR) is 96.1 cm³/mol. The number of alkyl halides is 3. The lowest BCUT2D eigenvalue weighted by molar-refractivity contribution is -0.137. The van der Waals surface area contributed by atoms with Crippen LogP contribution in [0.25, 0.3) is 0 Å². The number of hydrogen-bond donors (Lipinski definition) is 1. The molecule has 140 valence electrons. The molecule has 0 aliphatic carbocycles. The number of anilines is 1. The summed E-state index contributed by atoms with van der Waals surface area (Å²) in [6, 6.07) is 13.5. The summed E-state index contributed by atoms with van der Waals surface area (Å²) in [5, 5.41) is 10.1. The zero-order chi connectivity index (χ0) is 19.4. The van der Waals surface area contributed by atoms with Crippen molar-refractivity contribution in [1.29, 1.82) is 0 Å². The number of amides is 1. The molecule has 1 N–H and O–H groups in total. The Labute approximate surface area is 157 Å². The number of aromatic nitrogens is 3. The fraction of sp³-hybridized carbons (Fsp3) is 0.167. The molecular weight excluding hydrogens is 377 g/mol. The minimum atomic E-state index is -4.48. The van der Waals surface area contributed by atoms with Crippen molar-refractivity contribution in [3.05, 3.63) is 72.1 Å². The van der Waals surface area contributed by atoms with Crippen LogP contribution in [-0.4, -0.2) is 20.7 Å². The van der Waals surface area contributed by atoms with Gasteiger partial charge in [-0.15, -0.1) is 10.2 Å². The third-order valence-electron chi connectivity index (χ3n) is 3.69. The Morgan fingerprint density at radius 2 is 1.89 bits per heavy atom. The number of carbonyl (C=O) groups excluding carboxylic acids is 1. The fourth-order valence-electron chi connectivity index (χ4n) is 2.37. The second-order valence-corrected chi connectivity index (χ2v) is 6.77. The molecule has 0 aliphatic heterocycles. The Hall–Kier alpha value is -2.81. The van der Waals surface area contributed by atoms with E-state index < -0.39 is 22.9 Å². The Kier molecular flexibility index (Phi) is 5.50. The molecule has 0 radical (unpaired) electrons. The smallest absolute Gasteiger partial charge is 0.325 e. The molecule has 27 heavy (non-hydrogen) atoms. The summed E-state index contributed by atoms with van der Waals surface area (Å²) in [6.07, 6.45) is -2.97. The number of carbonyl (C=O) groups is 1. The van der Waals surface area contributed by atoms with Gasteiger partial charge in [-0.25, -0.2) is 0 Å². The minimum absolute atomic E-state index is 0.0781. The van der Waals surface area contributed by atoms with Gasteiger partial charge in [0.25, 0.3) is 0 Å². The summed E-state index contributed by atoms with van der Waals surface area (Å²) in [5.41, 5.74) is -0.0400. The van der Waals surface area contributed by atoms with Crippen LogP contribution in [0.3, 0.4) is 0 Å². The van der Waals surface area contributed by atoms with E-state index in [2.05, 4.69) is 15.5 Å². The summed E-state index contributed by atoms with van der Waals surface area (Å²) in [5.74, 6) is -0.450. The zero-order valence-electron chi connectivity index (χ0n) is 14.1. The molecule has 0 spiro atoms. The van der Waals surface area contributed by atoms with Crippen LogP contribution in [0.4, 0.5) is 18.9 Å². The first kappa shape index (κ1) is 19.0. The monoisotopic (exact) mass is 392 g/mol. The van der Waals surface area contributed by atoms with Crippen LogP contribution in [-0.2, 0) is 18.0 Å². The fourth-order valence-corrected chi connectivity index (χ4v) is 3.34.